The number of anilines is 2. The Morgan fingerprint density at radius 1 is 1.08 bits per heavy atom. The summed E-state index contributed by atoms with van der Waals surface area (Å²) in [7, 11) is 3.11. The monoisotopic (exact) mass is 354 g/mol. The molecule has 3 rings (SSSR count). The van der Waals surface area contributed by atoms with Crippen LogP contribution in [0, 0.1) is 6.92 Å². The molecule has 1 aliphatic heterocycles. The van der Waals surface area contributed by atoms with Gasteiger partial charge >= 0.3 is 0 Å². The van der Waals surface area contributed by atoms with Crippen LogP contribution in [-0.4, -0.2) is 32.6 Å². The maximum absolute atomic E-state index is 12.6. The fraction of sp³-hybridized carbons (Fsp3) is 0.300. The number of hydrogen-bond acceptors (Lipinski definition) is 4. The average molecular weight is 354 g/mol. The first-order chi connectivity index (χ1) is 12.5. The van der Waals surface area contributed by atoms with Crippen molar-refractivity contribution < 1.29 is 19.1 Å². The standard InChI is InChI=1S/C20H22N2O4/c1-13-17(25-2)11-14(12-18(13)26-3)20(24)21-15-6-8-16(9-7-15)22-10-4-5-19(22)23/h6-9,11-12H,4-5,10H2,1-3H3,(H,21,24). The summed E-state index contributed by atoms with van der Waals surface area (Å²) in [6.45, 7) is 2.62. The lowest BCUT2D eigenvalue weighted by Gasteiger charge is -2.16. The number of carbonyl (C=O) groups is 2. The molecule has 2 amide bonds. The van der Waals surface area contributed by atoms with E-state index in [9.17, 15) is 9.59 Å². The van der Waals surface area contributed by atoms with E-state index in [1.807, 2.05) is 19.1 Å². The predicted molar refractivity (Wildman–Crippen MR) is 100 cm³/mol. The van der Waals surface area contributed by atoms with Crippen LogP contribution in [0.1, 0.15) is 28.8 Å². The van der Waals surface area contributed by atoms with E-state index in [2.05, 4.69) is 5.32 Å². The Labute approximate surface area is 152 Å². The average Bonchev–Trinajstić information content (AvgIpc) is 3.08. The van der Waals surface area contributed by atoms with Gasteiger partial charge < -0.3 is 19.7 Å². The molecule has 136 valence electrons. The summed E-state index contributed by atoms with van der Waals surface area (Å²) >= 11 is 0. The molecule has 1 aliphatic rings. The Hall–Kier alpha value is -3.02. The van der Waals surface area contributed by atoms with E-state index in [-0.39, 0.29) is 11.8 Å². The fourth-order valence-electron chi connectivity index (χ4n) is 3.07. The number of hydrogen-bond donors (Lipinski definition) is 1. The normalized spacial score (nSPS) is 13.7. The van der Waals surface area contributed by atoms with Gasteiger partial charge in [0.15, 0.2) is 0 Å². The van der Waals surface area contributed by atoms with Crippen LogP contribution in [0.25, 0.3) is 0 Å². The molecule has 6 heteroatoms. The van der Waals surface area contributed by atoms with Gasteiger partial charge in [0.05, 0.1) is 14.2 Å². The van der Waals surface area contributed by atoms with E-state index >= 15 is 0 Å². The number of ether oxygens (including phenoxy) is 2. The van der Waals surface area contributed by atoms with Crippen LogP contribution in [-0.2, 0) is 4.79 Å². The Morgan fingerprint density at radius 3 is 2.19 bits per heavy atom. The van der Waals surface area contributed by atoms with Crippen LogP contribution < -0.4 is 19.7 Å². The summed E-state index contributed by atoms with van der Waals surface area (Å²) in [6.07, 6.45) is 1.48. The highest BCUT2D eigenvalue weighted by Gasteiger charge is 2.21. The van der Waals surface area contributed by atoms with Crippen molar-refractivity contribution in [3.05, 3.63) is 47.5 Å². The topological polar surface area (TPSA) is 67.9 Å². The number of rotatable bonds is 5. The van der Waals surface area contributed by atoms with Crippen LogP contribution in [0.5, 0.6) is 11.5 Å². The molecule has 0 unspecified atom stereocenters. The van der Waals surface area contributed by atoms with E-state index in [1.54, 1.807) is 43.4 Å². The minimum atomic E-state index is -0.258. The van der Waals surface area contributed by atoms with Gasteiger partial charge in [-0.3, -0.25) is 9.59 Å². The fourth-order valence-corrected chi connectivity index (χ4v) is 3.07. The number of amides is 2. The van der Waals surface area contributed by atoms with Gasteiger partial charge in [-0.15, -0.1) is 0 Å². The third-order valence-electron chi connectivity index (χ3n) is 4.52. The van der Waals surface area contributed by atoms with Gasteiger partial charge in [-0.05, 0) is 49.7 Å². The Bertz CT molecular complexity index is 805. The molecule has 1 fully saturated rings. The van der Waals surface area contributed by atoms with Crippen molar-refractivity contribution in [1.29, 1.82) is 0 Å². The second kappa shape index (κ2) is 7.47. The summed E-state index contributed by atoms with van der Waals surface area (Å²) < 4.78 is 10.6. The minimum absolute atomic E-state index is 0.139. The van der Waals surface area contributed by atoms with Gasteiger partial charge in [0.2, 0.25) is 5.91 Å². The van der Waals surface area contributed by atoms with Crippen LogP contribution in [0.2, 0.25) is 0 Å². The Kier molecular flexibility index (Phi) is 5.11. The highest BCUT2D eigenvalue weighted by atomic mass is 16.5. The van der Waals surface area contributed by atoms with E-state index < -0.39 is 0 Å². The lowest BCUT2D eigenvalue weighted by atomic mass is 10.1. The first-order valence-electron chi connectivity index (χ1n) is 8.48. The molecule has 0 saturated carbocycles. The molecule has 2 aromatic carbocycles. The van der Waals surface area contributed by atoms with Crippen molar-refractivity contribution in [1.82, 2.24) is 0 Å². The summed E-state index contributed by atoms with van der Waals surface area (Å²) in [5.41, 5.74) is 2.79. The van der Waals surface area contributed by atoms with Crippen molar-refractivity contribution in [2.75, 3.05) is 31.0 Å². The number of carbonyl (C=O) groups excluding carboxylic acids is 2. The molecule has 0 aliphatic carbocycles. The van der Waals surface area contributed by atoms with Crippen LogP contribution >= 0.6 is 0 Å². The van der Waals surface area contributed by atoms with E-state index in [0.29, 0.717) is 29.2 Å². The van der Waals surface area contributed by atoms with Gasteiger partial charge in [0.1, 0.15) is 11.5 Å². The summed E-state index contributed by atoms with van der Waals surface area (Å²) in [4.78, 5) is 26.1. The van der Waals surface area contributed by atoms with Gasteiger partial charge in [0.25, 0.3) is 5.91 Å². The molecular formula is C20H22N2O4. The largest absolute Gasteiger partial charge is 0.496 e. The lowest BCUT2D eigenvalue weighted by molar-refractivity contribution is -0.117. The third-order valence-corrected chi connectivity index (χ3v) is 4.52. The van der Waals surface area contributed by atoms with Crippen molar-refractivity contribution in [3.8, 4) is 11.5 Å². The summed E-state index contributed by atoms with van der Waals surface area (Å²) in [5, 5.41) is 2.86. The first-order valence-corrected chi connectivity index (χ1v) is 8.48. The number of methoxy groups -OCH3 is 2. The molecule has 1 heterocycles. The predicted octanol–water partition coefficient (Wildman–Crippen LogP) is 3.39. The second-order valence-corrected chi connectivity index (χ2v) is 6.16. The molecule has 0 aromatic heterocycles. The van der Waals surface area contributed by atoms with Crippen LogP contribution in [0.3, 0.4) is 0 Å². The highest BCUT2D eigenvalue weighted by Crippen LogP contribution is 2.30. The zero-order chi connectivity index (χ0) is 18.7. The zero-order valence-corrected chi connectivity index (χ0v) is 15.2. The molecule has 0 bridgehead atoms. The van der Waals surface area contributed by atoms with Crippen molar-refractivity contribution in [3.63, 3.8) is 0 Å². The SMILES string of the molecule is COc1cc(C(=O)Nc2ccc(N3CCCC3=O)cc2)cc(OC)c1C. The van der Waals surface area contributed by atoms with Crippen molar-refractivity contribution in [2.24, 2.45) is 0 Å². The molecular weight excluding hydrogens is 332 g/mol. The smallest absolute Gasteiger partial charge is 0.255 e. The summed E-state index contributed by atoms with van der Waals surface area (Å²) in [6, 6.07) is 10.6. The quantitative estimate of drug-likeness (QED) is 0.894. The maximum Gasteiger partial charge on any atom is 0.255 e. The highest BCUT2D eigenvalue weighted by molar-refractivity contribution is 6.05. The summed E-state index contributed by atoms with van der Waals surface area (Å²) in [5.74, 6) is 1.07. The van der Waals surface area contributed by atoms with E-state index in [0.717, 1.165) is 24.2 Å². The van der Waals surface area contributed by atoms with E-state index in [1.165, 1.54) is 0 Å². The maximum atomic E-state index is 12.6. The van der Waals surface area contributed by atoms with Crippen LogP contribution in [0.15, 0.2) is 36.4 Å². The van der Waals surface area contributed by atoms with Crippen molar-refractivity contribution in [2.45, 2.75) is 19.8 Å². The molecule has 26 heavy (non-hydrogen) atoms. The van der Waals surface area contributed by atoms with Gasteiger partial charge in [-0.2, -0.15) is 0 Å². The Balaban J connectivity index is 1.76. The minimum Gasteiger partial charge on any atom is -0.496 e. The molecule has 1 saturated heterocycles. The molecule has 0 atom stereocenters. The molecule has 1 N–H and O–H groups in total. The number of benzene rings is 2. The van der Waals surface area contributed by atoms with Gasteiger partial charge in [-0.1, -0.05) is 0 Å². The van der Waals surface area contributed by atoms with E-state index in [4.69, 9.17) is 9.47 Å². The van der Waals surface area contributed by atoms with Gasteiger partial charge in [-0.25, -0.2) is 0 Å². The first kappa shape index (κ1) is 17.8. The second-order valence-electron chi connectivity index (χ2n) is 6.16. The third kappa shape index (κ3) is 3.49. The van der Waals surface area contributed by atoms with Gasteiger partial charge in [0, 0.05) is 35.5 Å². The van der Waals surface area contributed by atoms with Crippen LogP contribution in [0.4, 0.5) is 11.4 Å². The van der Waals surface area contributed by atoms with Crippen molar-refractivity contribution >= 4 is 23.2 Å². The molecule has 0 radical (unpaired) electrons. The number of nitrogens with one attached hydrogen (secondary N) is 1. The molecule has 6 nitrogen and oxygen atoms in total. The molecule has 0 spiro atoms. The zero-order valence-electron chi connectivity index (χ0n) is 15.2. The number of nitrogens with zero attached hydrogens (tertiary/aromatic N) is 1. The Morgan fingerprint density at radius 2 is 1.69 bits per heavy atom. The lowest BCUT2D eigenvalue weighted by Crippen LogP contribution is -2.23. The molecule has 2 aromatic rings.